The first-order valence-corrected chi connectivity index (χ1v) is 6.67. The van der Waals surface area contributed by atoms with Gasteiger partial charge in [0.25, 0.3) is 0 Å². The number of hydrogen-bond donors (Lipinski definition) is 2. The lowest BCUT2D eigenvalue weighted by molar-refractivity contribution is 0.255. The number of amides is 2. The van der Waals surface area contributed by atoms with Crippen LogP contribution in [0.1, 0.15) is 13.8 Å². The number of hydrogen-bond acceptors (Lipinski definition) is 2. The molecule has 0 spiro atoms. The molecule has 0 atom stereocenters. The monoisotopic (exact) mass is 282 g/mol. The molecule has 0 aromatic heterocycles. The number of rotatable bonds is 4. The zero-order valence-electron chi connectivity index (χ0n) is 12.1. The van der Waals surface area contributed by atoms with E-state index in [-0.39, 0.29) is 6.03 Å². The minimum absolute atomic E-state index is 0.270. The summed E-state index contributed by atoms with van der Waals surface area (Å²) in [7, 11) is 0. The van der Waals surface area contributed by atoms with Crippen LogP contribution >= 0.6 is 0 Å². The summed E-state index contributed by atoms with van der Waals surface area (Å²) in [6.45, 7) is 3.83. The van der Waals surface area contributed by atoms with E-state index in [1.54, 1.807) is 18.3 Å². The number of ether oxygens (including phenoxy) is 1. The molecule has 108 valence electrons. The number of nitrogens with one attached hydrogen (secondary N) is 2. The van der Waals surface area contributed by atoms with Crippen molar-refractivity contribution < 1.29 is 9.53 Å². The largest absolute Gasteiger partial charge is 0.457 e. The Kier molecular flexibility index (Phi) is 4.99. The Morgan fingerprint density at radius 2 is 1.57 bits per heavy atom. The molecule has 2 aromatic rings. The Bertz CT molecular complexity index is 615. The first kappa shape index (κ1) is 14.7. The van der Waals surface area contributed by atoms with Gasteiger partial charge in [0.2, 0.25) is 0 Å². The second kappa shape index (κ2) is 7.14. The van der Waals surface area contributed by atoms with Gasteiger partial charge < -0.3 is 15.4 Å². The molecule has 0 unspecified atom stereocenters. The second-order valence-corrected chi connectivity index (χ2v) is 4.76. The first-order valence-electron chi connectivity index (χ1n) is 6.67. The van der Waals surface area contributed by atoms with Gasteiger partial charge in [-0.1, -0.05) is 23.8 Å². The predicted molar refractivity (Wildman–Crippen MR) is 84.5 cm³/mol. The molecule has 2 amide bonds. The highest BCUT2D eigenvalue weighted by Gasteiger charge is 2.01. The zero-order chi connectivity index (χ0) is 15.1. The Morgan fingerprint density at radius 1 is 0.952 bits per heavy atom. The maximum Gasteiger partial charge on any atom is 0.323 e. The minimum atomic E-state index is -0.270. The van der Waals surface area contributed by atoms with Crippen molar-refractivity contribution >= 4 is 11.7 Å². The zero-order valence-corrected chi connectivity index (χ0v) is 12.1. The summed E-state index contributed by atoms with van der Waals surface area (Å²) in [4.78, 5) is 11.6. The van der Waals surface area contributed by atoms with Crippen LogP contribution in [-0.2, 0) is 0 Å². The molecule has 4 nitrogen and oxygen atoms in total. The van der Waals surface area contributed by atoms with Crippen molar-refractivity contribution in [2.45, 2.75) is 13.8 Å². The van der Waals surface area contributed by atoms with Gasteiger partial charge in [0.1, 0.15) is 11.5 Å². The summed E-state index contributed by atoms with van der Waals surface area (Å²) < 4.78 is 5.68. The molecule has 0 fully saturated rings. The maximum absolute atomic E-state index is 11.6. The third-order valence-electron chi connectivity index (χ3n) is 2.58. The Hall–Kier alpha value is -2.75. The lowest BCUT2D eigenvalue weighted by Crippen LogP contribution is -2.24. The number of carbonyl (C=O) groups excluding carboxylic acids is 1. The lowest BCUT2D eigenvalue weighted by atomic mass is 10.3. The molecule has 0 heterocycles. The molecule has 0 bridgehead atoms. The summed E-state index contributed by atoms with van der Waals surface area (Å²) in [5, 5.41) is 5.38. The number of carbonyl (C=O) groups is 1. The van der Waals surface area contributed by atoms with E-state index in [1.165, 1.54) is 0 Å². The van der Waals surface area contributed by atoms with Crippen molar-refractivity contribution in [2.75, 3.05) is 5.32 Å². The number of allylic oxidation sites excluding steroid dienone is 1. The van der Waals surface area contributed by atoms with Crippen molar-refractivity contribution in [3.63, 3.8) is 0 Å². The fraction of sp³-hybridized carbons (Fsp3) is 0.118. The molecule has 21 heavy (non-hydrogen) atoms. The van der Waals surface area contributed by atoms with Gasteiger partial charge >= 0.3 is 6.03 Å². The first-order chi connectivity index (χ1) is 10.1. The fourth-order valence-corrected chi connectivity index (χ4v) is 1.61. The van der Waals surface area contributed by atoms with Gasteiger partial charge in [-0.15, -0.1) is 0 Å². The van der Waals surface area contributed by atoms with Crippen LogP contribution in [0.2, 0.25) is 0 Å². The number of para-hydroxylation sites is 1. The van der Waals surface area contributed by atoms with Gasteiger partial charge in [0.05, 0.1) is 0 Å². The number of anilines is 1. The number of benzene rings is 2. The average Bonchev–Trinajstić information content (AvgIpc) is 2.48. The van der Waals surface area contributed by atoms with Gasteiger partial charge in [-0.2, -0.15) is 0 Å². The van der Waals surface area contributed by atoms with Crippen molar-refractivity contribution in [1.29, 1.82) is 0 Å². The lowest BCUT2D eigenvalue weighted by Gasteiger charge is -2.08. The van der Waals surface area contributed by atoms with Gasteiger partial charge in [-0.05, 0) is 50.2 Å². The van der Waals surface area contributed by atoms with E-state index in [1.807, 2.05) is 56.3 Å². The van der Waals surface area contributed by atoms with Crippen LogP contribution in [0, 0.1) is 0 Å². The van der Waals surface area contributed by atoms with E-state index >= 15 is 0 Å². The van der Waals surface area contributed by atoms with Crippen LogP contribution < -0.4 is 15.4 Å². The molecule has 0 radical (unpaired) electrons. The highest BCUT2D eigenvalue weighted by atomic mass is 16.5. The second-order valence-electron chi connectivity index (χ2n) is 4.76. The smallest absolute Gasteiger partial charge is 0.323 e. The molecule has 0 saturated carbocycles. The molecule has 0 aliphatic carbocycles. The highest BCUT2D eigenvalue weighted by molar-refractivity contribution is 5.89. The maximum atomic E-state index is 11.6. The van der Waals surface area contributed by atoms with E-state index in [4.69, 9.17) is 4.74 Å². The number of urea groups is 1. The molecule has 0 aliphatic heterocycles. The van der Waals surface area contributed by atoms with E-state index in [2.05, 4.69) is 10.6 Å². The summed E-state index contributed by atoms with van der Waals surface area (Å²) in [5.41, 5.74) is 1.73. The topological polar surface area (TPSA) is 50.4 Å². The average molecular weight is 282 g/mol. The van der Waals surface area contributed by atoms with Crippen molar-refractivity contribution in [2.24, 2.45) is 0 Å². The Balaban J connectivity index is 1.93. The molecule has 2 aromatic carbocycles. The summed E-state index contributed by atoms with van der Waals surface area (Å²) >= 11 is 0. The van der Waals surface area contributed by atoms with E-state index in [0.29, 0.717) is 5.69 Å². The summed E-state index contributed by atoms with van der Waals surface area (Å²) in [5.74, 6) is 1.50. The normalized spacial score (nSPS) is 9.62. The minimum Gasteiger partial charge on any atom is -0.457 e. The van der Waals surface area contributed by atoms with Crippen LogP contribution in [0.15, 0.2) is 66.4 Å². The Morgan fingerprint density at radius 3 is 2.19 bits per heavy atom. The molecule has 2 N–H and O–H groups in total. The molecular formula is C17H18N2O2. The molecule has 2 rings (SSSR count). The SMILES string of the molecule is CC(C)=CNC(=O)Nc1ccc(Oc2ccccc2)cc1. The van der Waals surface area contributed by atoms with Crippen molar-refractivity contribution in [3.8, 4) is 11.5 Å². The van der Waals surface area contributed by atoms with Gasteiger partial charge in [0.15, 0.2) is 0 Å². The molecule has 0 aliphatic rings. The molecule has 4 heteroatoms. The van der Waals surface area contributed by atoms with Gasteiger partial charge in [-0.3, -0.25) is 0 Å². The Labute approximate surface area is 124 Å². The summed E-state index contributed by atoms with van der Waals surface area (Å²) in [6.07, 6.45) is 1.65. The third-order valence-corrected chi connectivity index (χ3v) is 2.58. The fourth-order valence-electron chi connectivity index (χ4n) is 1.61. The third kappa shape index (κ3) is 5.03. The standard InChI is InChI=1S/C17H18N2O2/c1-13(2)12-18-17(20)19-14-8-10-16(11-9-14)21-15-6-4-3-5-7-15/h3-12H,1-2H3,(H2,18,19,20). The quantitative estimate of drug-likeness (QED) is 0.866. The van der Waals surface area contributed by atoms with Crippen LogP contribution in [0.4, 0.5) is 10.5 Å². The summed E-state index contributed by atoms with van der Waals surface area (Å²) in [6, 6.07) is 16.5. The predicted octanol–water partition coefficient (Wildman–Crippen LogP) is 4.52. The van der Waals surface area contributed by atoms with Crippen molar-refractivity contribution in [1.82, 2.24) is 5.32 Å². The van der Waals surface area contributed by atoms with E-state index in [9.17, 15) is 4.79 Å². The molecule has 0 saturated heterocycles. The van der Waals surface area contributed by atoms with E-state index < -0.39 is 0 Å². The van der Waals surface area contributed by atoms with Crippen LogP contribution in [0.5, 0.6) is 11.5 Å². The van der Waals surface area contributed by atoms with Crippen LogP contribution in [0.25, 0.3) is 0 Å². The van der Waals surface area contributed by atoms with Gasteiger partial charge in [0, 0.05) is 11.9 Å². The molecular weight excluding hydrogens is 264 g/mol. The van der Waals surface area contributed by atoms with Gasteiger partial charge in [-0.25, -0.2) is 4.79 Å². The van der Waals surface area contributed by atoms with Crippen LogP contribution in [0.3, 0.4) is 0 Å². The highest BCUT2D eigenvalue weighted by Crippen LogP contribution is 2.22. The van der Waals surface area contributed by atoms with E-state index in [0.717, 1.165) is 17.1 Å². The van der Waals surface area contributed by atoms with Crippen molar-refractivity contribution in [3.05, 3.63) is 66.4 Å². The van der Waals surface area contributed by atoms with Crippen LogP contribution in [-0.4, -0.2) is 6.03 Å².